The van der Waals surface area contributed by atoms with Crippen molar-refractivity contribution in [3.63, 3.8) is 0 Å². The number of hydrogen-bond acceptors (Lipinski definition) is 2. The first-order chi connectivity index (χ1) is 18.3. The van der Waals surface area contributed by atoms with E-state index in [0.29, 0.717) is 0 Å². The van der Waals surface area contributed by atoms with Crippen LogP contribution in [0.25, 0.3) is 0 Å². The largest absolute Gasteiger partial charge is 0.294 e. The van der Waals surface area contributed by atoms with Crippen molar-refractivity contribution in [2.75, 3.05) is 0 Å². The molecule has 0 radical (unpaired) electrons. The van der Waals surface area contributed by atoms with Crippen LogP contribution in [0, 0.1) is 13.8 Å². The molecule has 0 unspecified atom stereocenters. The molecule has 4 heteroatoms. The van der Waals surface area contributed by atoms with E-state index in [1.807, 2.05) is 0 Å². The second-order valence-corrected chi connectivity index (χ2v) is 11.5. The molecule has 0 atom stereocenters. The van der Waals surface area contributed by atoms with Crippen LogP contribution in [0.5, 0.6) is 0 Å². The van der Waals surface area contributed by atoms with Crippen molar-refractivity contribution in [1.82, 2.24) is 0 Å². The van der Waals surface area contributed by atoms with Gasteiger partial charge in [0.1, 0.15) is 0 Å². The molecule has 0 bridgehead atoms. The molecule has 210 valence electrons. The Labute approximate surface area is 233 Å². The molecule has 0 aliphatic carbocycles. The Bertz CT molecular complexity index is 1000. The summed E-state index contributed by atoms with van der Waals surface area (Å²) in [6, 6.07) is 24.9. The topological polar surface area (TPSA) is 54.4 Å². The molecule has 0 aliphatic heterocycles. The van der Waals surface area contributed by atoms with Crippen molar-refractivity contribution in [3.05, 3.63) is 101 Å². The molecule has 0 saturated carbocycles. The third-order valence-corrected chi connectivity index (χ3v) is 7.27. The fourth-order valence-electron chi connectivity index (χ4n) is 3.98. The molecular formula is C34H50O3S. The molecule has 0 amide bonds. The molecule has 0 fully saturated rings. The highest BCUT2D eigenvalue weighted by molar-refractivity contribution is 7.85. The van der Waals surface area contributed by atoms with E-state index in [4.69, 9.17) is 4.55 Å². The van der Waals surface area contributed by atoms with E-state index >= 15 is 0 Å². The van der Waals surface area contributed by atoms with E-state index in [1.54, 1.807) is 18.2 Å². The van der Waals surface area contributed by atoms with Crippen LogP contribution in [-0.4, -0.2) is 13.0 Å². The van der Waals surface area contributed by atoms with Crippen molar-refractivity contribution in [1.29, 1.82) is 0 Å². The van der Waals surface area contributed by atoms with Gasteiger partial charge in [-0.15, -0.1) is 0 Å². The highest BCUT2D eigenvalue weighted by Crippen LogP contribution is 2.12. The normalized spacial score (nSPS) is 10.7. The average Bonchev–Trinajstić information content (AvgIpc) is 2.91. The first-order valence-corrected chi connectivity index (χ1v) is 15.8. The van der Waals surface area contributed by atoms with Crippen molar-refractivity contribution in [2.45, 2.75) is 110 Å². The molecule has 3 aromatic carbocycles. The van der Waals surface area contributed by atoms with E-state index in [9.17, 15) is 8.42 Å². The van der Waals surface area contributed by atoms with Crippen LogP contribution in [-0.2, 0) is 16.5 Å². The van der Waals surface area contributed by atoms with Gasteiger partial charge >= 0.3 is 0 Å². The molecule has 3 rings (SSSR count). The Morgan fingerprint density at radius 1 is 0.526 bits per heavy atom. The average molecular weight is 539 g/mol. The minimum atomic E-state index is -4.00. The van der Waals surface area contributed by atoms with Gasteiger partial charge in [0.2, 0.25) is 0 Å². The Morgan fingerprint density at radius 2 is 0.868 bits per heavy atom. The molecule has 0 aromatic heterocycles. The zero-order chi connectivity index (χ0) is 28.1. The quantitative estimate of drug-likeness (QED) is 0.174. The summed E-state index contributed by atoms with van der Waals surface area (Å²) in [4.78, 5) is -0.0741. The summed E-state index contributed by atoms with van der Waals surface area (Å²) in [7, 11) is -4.00. The summed E-state index contributed by atoms with van der Waals surface area (Å²) >= 11 is 0. The molecule has 0 aliphatic rings. The van der Waals surface area contributed by atoms with Gasteiger partial charge in [-0.25, -0.2) is 0 Å². The lowest BCUT2D eigenvalue weighted by Gasteiger charge is -2.03. The van der Waals surface area contributed by atoms with Crippen LogP contribution < -0.4 is 0 Å². The summed E-state index contributed by atoms with van der Waals surface area (Å²) in [5.74, 6) is 0. The van der Waals surface area contributed by atoms with E-state index < -0.39 is 10.1 Å². The molecule has 3 aromatic rings. The smallest absolute Gasteiger partial charge is 0.282 e. The van der Waals surface area contributed by atoms with Gasteiger partial charge in [-0.05, 0) is 43.5 Å². The lowest BCUT2D eigenvalue weighted by Crippen LogP contribution is -1.96. The van der Waals surface area contributed by atoms with Crippen molar-refractivity contribution in [2.24, 2.45) is 0 Å². The maximum Gasteiger partial charge on any atom is 0.294 e. The SMILES string of the molecule is CCCCCCCCCCCCC.Cc1ccc(Cc2ccc(C)cc2)cc1.O=S(=O)(O)c1ccccc1. The fourth-order valence-corrected chi connectivity index (χ4v) is 4.48. The molecule has 1 N–H and O–H groups in total. The van der Waals surface area contributed by atoms with Crippen LogP contribution >= 0.6 is 0 Å². The zero-order valence-electron chi connectivity index (χ0n) is 24.2. The van der Waals surface area contributed by atoms with Gasteiger partial charge in [0.05, 0.1) is 4.90 Å². The van der Waals surface area contributed by atoms with Crippen molar-refractivity contribution in [3.8, 4) is 0 Å². The van der Waals surface area contributed by atoms with Crippen LogP contribution in [0.4, 0.5) is 0 Å². The molecule has 0 spiro atoms. The molecule has 38 heavy (non-hydrogen) atoms. The van der Waals surface area contributed by atoms with Gasteiger partial charge < -0.3 is 0 Å². The predicted molar refractivity (Wildman–Crippen MR) is 164 cm³/mol. The van der Waals surface area contributed by atoms with E-state index in [1.165, 1.54) is 105 Å². The lowest BCUT2D eigenvalue weighted by molar-refractivity contribution is 0.483. The van der Waals surface area contributed by atoms with E-state index in [0.717, 1.165) is 6.42 Å². The first kappa shape index (κ1) is 33.6. The van der Waals surface area contributed by atoms with Gasteiger partial charge in [0, 0.05) is 0 Å². The second kappa shape index (κ2) is 20.5. The Hall–Kier alpha value is -2.43. The van der Waals surface area contributed by atoms with Crippen LogP contribution in [0.2, 0.25) is 0 Å². The lowest BCUT2D eigenvalue weighted by atomic mass is 10.0. The number of benzene rings is 3. The van der Waals surface area contributed by atoms with Gasteiger partial charge in [0.15, 0.2) is 0 Å². The summed E-state index contributed by atoms with van der Waals surface area (Å²) in [6.07, 6.45) is 17.0. The second-order valence-electron chi connectivity index (χ2n) is 10.1. The zero-order valence-corrected chi connectivity index (χ0v) is 25.0. The molecular weight excluding hydrogens is 488 g/mol. The van der Waals surface area contributed by atoms with Crippen LogP contribution in [0.1, 0.15) is 107 Å². The Kier molecular flexibility index (Phi) is 18.1. The predicted octanol–water partition coefficient (Wildman–Crippen LogP) is 10.1. The number of rotatable bonds is 13. The third kappa shape index (κ3) is 17.1. The van der Waals surface area contributed by atoms with Gasteiger partial charge in [0.25, 0.3) is 10.1 Å². The summed E-state index contributed by atoms with van der Waals surface area (Å²) in [5, 5.41) is 0. The number of aryl methyl sites for hydroxylation is 2. The standard InChI is InChI=1S/C15H16.C13H28.C6H6O3S/c1-12-3-7-14(8-4-12)11-15-9-5-13(2)6-10-15;1-3-5-7-9-11-13-12-10-8-6-4-2;7-10(8,9)6-4-2-1-3-5-6/h3-10H,11H2,1-2H3;3-13H2,1-2H3;1-5H,(H,7,8,9). The molecule has 0 saturated heterocycles. The summed E-state index contributed by atoms with van der Waals surface area (Å²) in [6.45, 7) is 8.81. The fraction of sp³-hybridized carbons (Fsp3) is 0.471. The first-order valence-electron chi connectivity index (χ1n) is 14.4. The molecule has 0 heterocycles. The van der Waals surface area contributed by atoms with E-state index in [2.05, 4.69) is 76.2 Å². The van der Waals surface area contributed by atoms with Crippen LogP contribution in [0.15, 0.2) is 83.8 Å². The minimum Gasteiger partial charge on any atom is -0.282 e. The third-order valence-electron chi connectivity index (χ3n) is 6.40. The highest BCUT2D eigenvalue weighted by atomic mass is 32.2. The van der Waals surface area contributed by atoms with Crippen LogP contribution in [0.3, 0.4) is 0 Å². The molecule has 3 nitrogen and oxygen atoms in total. The van der Waals surface area contributed by atoms with Gasteiger partial charge in [-0.1, -0.05) is 162 Å². The maximum absolute atomic E-state index is 10.4. The monoisotopic (exact) mass is 538 g/mol. The maximum atomic E-state index is 10.4. The van der Waals surface area contributed by atoms with Gasteiger partial charge in [-0.3, -0.25) is 4.55 Å². The van der Waals surface area contributed by atoms with Gasteiger partial charge in [-0.2, -0.15) is 8.42 Å². The summed E-state index contributed by atoms with van der Waals surface area (Å²) in [5.41, 5.74) is 5.40. The Balaban J connectivity index is 0.000000291. The van der Waals surface area contributed by atoms with E-state index in [-0.39, 0.29) is 4.90 Å². The van der Waals surface area contributed by atoms with Crippen molar-refractivity contribution < 1.29 is 13.0 Å². The minimum absolute atomic E-state index is 0.0741. The van der Waals surface area contributed by atoms with Crippen molar-refractivity contribution >= 4 is 10.1 Å². The number of unbranched alkanes of at least 4 members (excludes halogenated alkanes) is 10. The number of hydrogen-bond donors (Lipinski definition) is 1. The highest BCUT2D eigenvalue weighted by Gasteiger charge is 2.05. The Morgan fingerprint density at radius 3 is 1.16 bits per heavy atom. The summed E-state index contributed by atoms with van der Waals surface area (Å²) < 4.78 is 29.2.